The number of carbonyl (C=O) groups is 1. The zero-order chi connectivity index (χ0) is 19.8. The Bertz CT molecular complexity index is 785. The van der Waals surface area contributed by atoms with E-state index in [4.69, 9.17) is 4.74 Å². The topological polar surface area (TPSA) is 66.0 Å². The summed E-state index contributed by atoms with van der Waals surface area (Å²) in [5.41, 5.74) is 2.29. The van der Waals surface area contributed by atoms with E-state index in [9.17, 15) is 4.79 Å². The van der Waals surface area contributed by atoms with Gasteiger partial charge in [0, 0.05) is 31.6 Å². The Balaban J connectivity index is 1.64. The number of guanidine groups is 1. The molecule has 1 aliphatic heterocycles. The van der Waals surface area contributed by atoms with Gasteiger partial charge in [-0.25, -0.2) is 0 Å². The second kappa shape index (κ2) is 10.2. The summed E-state index contributed by atoms with van der Waals surface area (Å²) in [6.45, 7) is 5.81. The van der Waals surface area contributed by atoms with Crippen LogP contribution in [0.25, 0.3) is 0 Å². The number of carbonyl (C=O) groups excluding carboxylic acids is 1. The van der Waals surface area contributed by atoms with Crippen LogP contribution in [-0.4, -0.2) is 56.7 Å². The molecule has 28 heavy (non-hydrogen) atoms. The molecule has 1 atom stereocenters. The van der Waals surface area contributed by atoms with Gasteiger partial charge < -0.3 is 20.3 Å². The summed E-state index contributed by atoms with van der Waals surface area (Å²) in [4.78, 5) is 20.7. The van der Waals surface area contributed by atoms with E-state index in [1.807, 2.05) is 35.2 Å². The van der Waals surface area contributed by atoms with Crippen LogP contribution in [0, 0.1) is 6.92 Å². The fourth-order valence-corrected chi connectivity index (χ4v) is 4.05. The maximum atomic E-state index is 13.2. The average molecular weight is 401 g/mol. The van der Waals surface area contributed by atoms with E-state index in [0.29, 0.717) is 38.8 Å². The van der Waals surface area contributed by atoms with Crippen molar-refractivity contribution >= 4 is 23.2 Å². The first kappa shape index (κ1) is 20.4. The van der Waals surface area contributed by atoms with Crippen LogP contribution in [0.3, 0.4) is 0 Å². The van der Waals surface area contributed by atoms with Crippen molar-refractivity contribution in [3.63, 3.8) is 0 Å². The Morgan fingerprint density at radius 2 is 1.96 bits per heavy atom. The number of nitrogens with zero attached hydrogens (tertiary/aromatic N) is 2. The molecule has 7 heteroatoms. The maximum Gasteiger partial charge on any atom is 0.232 e. The Morgan fingerprint density at radius 1 is 1.21 bits per heavy atom. The number of benzene rings is 1. The van der Waals surface area contributed by atoms with Crippen LogP contribution in [0.1, 0.15) is 21.9 Å². The first-order chi connectivity index (χ1) is 13.7. The number of ether oxygens (including phenoxy) is 1. The lowest BCUT2D eigenvalue weighted by atomic mass is 9.97. The van der Waals surface area contributed by atoms with Crippen LogP contribution >= 0.6 is 11.3 Å². The van der Waals surface area contributed by atoms with Crippen LogP contribution in [0.15, 0.2) is 46.8 Å². The Labute approximate surface area is 170 Å². The summed E-state index contributed by atoms with van der Waals surface area (Å²) in [6, 6.07) is 12.1. The third kappa shape index (κ3) is 5.33. The molecule has 2 heterocycles. The van der Waals surface area contributed by atoms with Crippen molar-refractivity contribution < 1.29 is 9.53 Å². The molecule has 0 aliphatic carbocycles. The number of amides is 1. The van der Waals surface area contributed by atoms with Gasteiger partial charge >= 0.3 is 0 Å². The second-order valence-corrected chi connectivity index (χ2v) is 7.74. The number of aryl methyl sites for hydroxylation is 1. The summed E-state index contributed by atoms with van der Waals surface area (Å²) >= 11 is 1.73. The quantitative estimate of drug-likeness (QED) is 0.577. The molecule has 1 fully saturated rings. The monoisotopic (exact) mass is 400 g/mol. The number of hydrogen-bond donors (Lipinski definition) is 2. The average Bonchev–Trinajstić information content (AvgIpc) is 3.16. The molecular formula is C21H28N4O2S. The van der Waals surface area contributed by atoms with Crippen molar-refractivity contribution in [1.82, 2.24) is 15.5 Å². The highest BCUT2D eigenvalue weighted by atomic mass is 32.1. The summed E-state index contributed by atoms with van der Waals surface area (Å²) < 4.78 is 5.39. The number of thiophene rings is 1. The lowest BCUT2D eigenvalue weighted by Gasteiger charge is -2.31. The van der Waals surface area contributed by atoms with Crippen molar-refractivity contribution in [2.75, 3.05) is 39.9 Å². The molecule has 0 bridgehead atoms. The minimum Gasteiger partial charge on any atom is -0.378 e. The fourth-order valence-electron chi connectivity index (χ4n) is 3.21. The van der Waals surface area contributed by atoms with Crippen LogP contribution in [0.5, 0.6) is 0 Å². The molecule has 0 radical (unpaired) electrons. The molecule has 1 aliphatic rings. The smallest absolute Gasteiger partial charge is 0.232 e. The van der Waals surface area contributed by atoms with Gasteiger partial charge in [0.2, 0.25) is 5.91 Å². The Morgan fingerprint density at radius 3 is 2.61 bits per heavy atom. The number of rotatable bonds is 6. The van der Waals surface area contributed by atoms with Gasteiger partial charge in [0.15, 0.2) is 5.96 Å². The van der Waals surface area contributed by atoms with Crippen molar-refractivity contribution in [2.45, 2.75) is 19.4 Å². The van der Waals surface area contributed by atoms with Gasteiger partial charge in [-0.1, -0.05) is 30.3 Å². The molecule has 6 nitrogen and oxygen atoms in total. The summed E-state index contributed by atoms with van der Waals surface area (Å²) in [6.07, 6.45) is 0. The van der Waals surface area contributed by atoms with E-state index in [1.54, 1.807) is 18.4 Å². The molecule has 0 saturated carbocycles. The largest absolute Gasteiger partial charge is 0.378 e. The van der Waals surface area contributed by atoms with Gasteiger partial charge in [0.1, 0.15) is 0 Å². The van der Waals surface area contributed by atoms with Crippen LogP contribution in [0.4, 0.5) is 0 Å². The van der Waals surface area contributed by atoms with E-state index in [1.165, 1.54) is 10.4 Å². The zero-order valence-electron chi connectivity index (χ0n) is 16.5. The molecule has 1 amide bonds. The summed E-state index contributed by atoms with van der Waals surface area (Å²) in [7, 11) is 1.75. The van der Waals surface area contributed by atoms with E-state index in [0.717, 1.165) is 12.1 Å². The summed E-state index contributed by atoms with van der Waals surface area (Å²) in [5, 5.41) is 8.77. The first-order valence-electron chi connectivity index (χ1n) is 9.58. The van der Waals surface area contributed by atoms with Gasteiger partial charge in [-0.3, -0.25) is 9.79 Å². The van der Waals surface area contributed by atoms with Crippen molar-refractivity contribution in [1.29, 1.82) is 0 Å². The predicted molar refractivity (Wildman–Crippen MR) is 114 cm³/mol. The molecule has 2 aromatic rings. The molecular weight excluding hydrogens is 372 g/mol. The molecule has 1 saturated heterocycles. The number of hydrogen-bond acceptors (Lipinski definition) is 4. The van der Waals surface area contributed by atoms with E-state index in [-0.39, 0.29) is 11.8 Å². The minimum absolute atomic E-state index is 0.131. The normalized spacial score (nSPS) is 15.9. The van der Waals surface area contributed by atoms with Crippen molar-refractivity contribution in [2.24, 2.45) is 4.99 Å². The highest BCUT2D eigenvalue weighted by Crippen LogP contribution is 2.19. The lowest BCUT2D eigenvalue weighted by molar-refractivity contribution is -0.136. The minimum atomic E-state index is -0.263. The highest BCUT2D eigenvalue weighted by molar-refractivity contribution is 7.10. The summed E-state index contributed by atoms with van der Waals surface area (Å²) in [5.74, 6) is 0.566. The van der Waals surface area contributed by atoms with Crippen molar-refractivity contribution in [3.8, 4) is 0 Å². The highest BCUT2D eigenvalue weighted by Gasteiger charge is 2.27. The number of morpholine rings is 1. The Kier molecular flexibility index (Phi) is 7.45. The van der Waals surface area contributed by atoms with E-state index >= 15 is 0 Å². The molecule has 2 N–H and O–H groups in total. The second-order valence-electron chi connectivity index (χ2n) is 6.73. The van der Waals surface area contributed by atoms with Gasteiger partial charge in [-0.2, -0.15) is 0 Å². The maximum absolute atomic E-state index is 13.2. The zero-order valence-corrected chi connectivity index (χ0v) is 17.3. The standard InChI is InChI=1S/C21H28N4O2S/c1-16-8-13-28-19(16)15-24-21(22-2)23-14-18(17-6-4-3-5-7-17)20(26)25-9-11-27-12-10-25/h3-8,13,18H,9-12,14-15H2,1-2H3,(H2,22,23,24). The van der Waals surface area contributed by atoms with E-state index in [2.05, 4.69) is 34.0 Å². The first-order valence-corrected chi connectivity index (χ1v) is 10.5. The van der Waals surface area contributed by atoms with Crippen molar-refractivity contribution in [3.05, 3.63) is 57.8 Å². The SMILES string of the molecule is CN=C(NCc1sccc1C)NCC(C(=O)N1CCOCC1)c1ccccc1. The molecule has 1 aromatic carbocycles. The van der Waals surface area contributed by atoms with Gasteiger partial charge in [-0.15, -0.1) is 11.3 Å². The fraction of sp³-hybridized carbons (Fsp3) is 0.429. The van der Waals surface area contributed by atoms with E-state index < -0.39 is 0 Å². The third-order valence-electron chi connectivity index (χ3n) is 4.90. The van der Waals surface area contributed by atoms with Gasteiger partial charge in [0.05, 0.1) is 25.7 Å². The molecule has 1 aromatic heterocycles. The van der Waals surface area contributed by atoms with Crippen LogP contribution in [0.2, 0.25) is 0 Å². The van der Waals surface area contributed by atoms with Gasteiger partial charge in [-0.05, 0) is 29.5 Å². The predicted octanol–water partition coefficient (Wildman–Crippen LogP) is 2.36. The molecule has 150 valence electrons. The molecule has 0 spiro atoms. The molecule has 3 rings (SSSR count). The third-order valence-corrected chi connectivity index (χ3v) is 5.93. The van der Waals surface area contributed by atoms with Crippen LogP contribution < -0.4 is 10.6 Å². The number of nitrogens with one attached hydrogen (secondary N) is 2. The van der Waals surface area contributed by atoms with Crippen LogP contribution in [-0.2, 0) is 16.1 Å². The number of aliphatic imine (C=N–C) groups is 1. The molecule has 1 unspecified atom stereocenters. The van der Waals surface area contributed by atoms with Gasteiger partial charge in [0.25, 0.3) is 0 Å². The Hall–Kier alpha value is -2.38. The lowest BCUT2D eigenvalue weighted by Crippen LogP contribution is -2.47.